The van der Waals surface area contributed by atoms with Crippen LogP contribution >= 0.6 is 0 Å². The molecule has 1 fully saturated rings. The van der Waals surface area contributed by atoms with Crippen molar-refractivity contribution in [3.63, 3.8) is 0 Å². The summed E-state index contributed by atoms with van der Waals surface area (Å²) in [7, 11) is 0. The lowest BCUT2D eigenvalue weighted by Gasteiger charge is -2.34. The summed E-state index contributed by atoms with van der Waals surface area (Å²) in [6.07, 6.45) is 1.62. The molecule has 1 aliphatic heterocycles. The van der Waals surface area contributed by atoms with Gasteiger partial charge in [0.15, 0.2) is 0 Å². The fourth-order valence-electron chi connectivity index (χ4n) is 4.07. The summed E-state index contributed by atoms with van der Waals surface area (Å²) in [5.74, 6) is 0.725. The normalized spacial score (nSPS) is 14.2. The van der Waals surface area contributed by atoms with Crippen LogP contribution in [0.2, 0.25) is 0 Å². The van der Waals surface area contributed by atoms with Crippen LogP contribution in [-0.4, -0.2) is 76.1 Å². The number of hydrogen-bond donors (Lipinski definition) is 0. The molecule has 1 aromatic carbocycles. The van der Waals surface area contributed by atoms with Crippen LogP contribution in [0.3, 0.4) is 0 Å². The molecule has 0 aliphatic carbocycles. The lowest BCUT2D eigenvalue weighted by molar-refractivity contribution is 0.0523. The highest BCUT2D eigenvalue weighted by molar-refractivity contribution is 5.95. The van der Waals surface area contributed by atoms with E-state index in [0.717, 1.165) is 31.6 Å². The van der Waals surface area contributed by atoms with Gasteiger partial charge in [0, 0.05) is 38.2 Å². The molecule has 3 aromatic rings. The summed E-state index contributed by atoms with van der Waals surface area (Å²) >= 11 is 0. The highest BCUT2D eigenvalue weighted by Crippen LogP contribution is 2.17. The van der Waals surface area contributed by atoms with Crippen LogP contribution in [-0.2, 0) is 11.2 Å². The monoisotopic (exact) mass is 477 g/mol. The number of ether oxygens (including phenoxy) is 1. The average molecular weight is 478 g/mol. The predicted octanol–water partition coefficient (Wildman–Crippen LogP) is 3.32. The highest BCUT2D eigenvalue weighted by Gasteiger charge is 2.24. The Morgan fingerprint density at radius 3 is 2.43 bits per heavy atom. The number of piperazine rings is 1. The first-order valence-corrected chi connectivity index (χ1v) is 12.0. The Labute approximate surface area is 205 Å². The van der Waals surface area contributed by atoms with Gasteiger partial charge in [-0.2, -0.15) is 4.98 Å². The number of esters is 1. The summed E-state index contributed by atoms with van der Waals surface area (Å²) in [4.78, 5) is 37.9. The van der Waals surface area contributed by atoms with Crippen molar-refractivity contribution >= 4 is 11.9 Å². The number of amides is 1. The molecule has 0 saturated carbocycles. The van der Waals surface area contributed by atoms with Gasteiger partial charge in [0.05, 0.1) is 17.9 Å². The smallest absolute Gasteiger partial charge is 0.339 e. The minimum atomic E-state index is -0.419. The van der Waals surface area contributed by atoms with E-state index >= 15 is 0 Å². The molecular formula is C26H31N5O4. The topological polar surface area (TPSA) is 102 Å². The van der Waals surface area contributed by atoms with Crippen LogP contribution in [0.1, 0.15) is 51.3 Å². The van der Waals surface area contributed by atoms with E-state index in [-0.39, 0.29) is 5.91 Å². The van der Waals surface area contributed by atoms with Crippen LogP contribution in [0.15, 0.2) is 40.9 Å². The maximum atomic E-state index is 12.9. The Kier molecular flexibility index (Phi) is 7.87. The number of carbonyl (C=O) groups excluding carboxylic acids is 2. The zero-order valence-electron chi connectivity index (χ0n) is 20.5. The first-order chi connectivity index (χ1) is 16.9. The lowest BCUT2D eigenvalue weighted by Crippen LogP contribution is -2.49. The number of benzene rings is 1. The fourth-order valence-corrected chi connectivity index (χ4v) is 4.07. The summed E-state index contributed by atoms with van der Waals surface area (Å²) in [6.45, 7) is 9.58. The maximum absolute atomic E-state index is 12.9. The van der Waals surface area contributed by atoms with E-state index in [4.69, 9.17) is 9.26 Å². The second-order valence-corrected chi connectivity index (χ2v) is 8.67. The number of rotatable bonds is 8. The van der Waals surface area contributed by atoms with Crippen LogP contribution in [0.25, 0.3) is 11.4 Å². The molecule has 9 heteroatoms. The Morgan fingerprint density at radius 2 is 1.74 bits per heavy atom. The van der Waals surface area contributed by atoms with Crippen molar-refractivity contribution < 1.29 is 18.8 Å². The van der Waals surface area contributed by atoms with Gasteiger partial charge in [-0.3, -0.25) is 9.69 Å². The molecule has 0 N–H and O–H groups in total. The minimum Gasteiger partial charge on any atom is -0.462 e. The minimum absolute atomic E-state index is 0.113. The number of aromatic nitrogens is 3. The average Bonchev–Trinajstić information content (AvgIpc) is 3.33. The Morgan fingerprint density at radius 1 is 1.00 bits per heavy atom. The Bertz CT molecular complexity index is 1170. The molecule has 3 heterocycles. The van der Waals surface area contributed by atoms with Gasteiger partial charge in [-0.1, -0.05) is 35.0 Å². The first-order valence-electron chi connectivity index (χ1n) is 12.0. The molecule has 35 heavy (non-hydrogen) atoms. The van der Waals surface area contributed by atoms with Gasteiger partial charge in [0.1, 0.15) is 5.69 Å². The zero-order chi connectivity index (χ0) is 24.8. The number of pyridine rings is 1. The zero-order valence-corrected chi connectivity index (χ0v) is 20.5. The van der Waals surface area contributed by atoms with Gasteiger partial charge in [-0.25, -0.2) is 9.78 Å². The van der Waals surface area contributed by atoms with E-state index in [1.807, 2.05) is 36.1 Å². The number of aryl methyl sites for hydroxylation is 3. The molecule has 0 radical (unpaired) electrons. The van der Waals surface area contributed by atoms with Gasteiger partial charge in [0.2, 0.25) is 11.7 Å². The van der Waals surface area contributed by atoms with E-state index in [2.05, 4.69) is 20.0 Å². The van der Waals surface area contributed by atoms with E-state index in [1.165, 1.54) is 5.56 Å². The van der Waals surface area contributed by atoms with E-state index < -0.39 is 5.97 Å². The molecule has 1 aliphatic rings. The SMILES string of the molecule is CCOC(=O)c1ccc(C(=O)N2CCN(CCCc3nc(-c4ccc(C)cc4)no3)CC2)nc1C. The largest absolute Gasteiger partial charge is 0.462 e. The number of carbonyl (C=O) groups is 2. The van der Waals surface area contributed by atoms with E-state index in [1.54, 1.807) is 26.0 Å². The van der Waals surface area contributed by atoms with Crippen LogP contribution in [0.4, 0.5) is 0 Å². The maximum Gasteiger partial charge on any atom is 0.339 e. The molecule has 2 aromatic heterocycles. The molecule has 9 nitrogen and oxygen atoms in total. The summed E-state index contributed by atoms with van der Waals surface area (Å²) < 4.78 is 10.4. The van der Waals surface area contributed by atoms with E-state index in [0.29, 0.717) is 54.8 Å². The van der Waals surface area contributed by atoms with Crippen molar-refractivity contribution in [1.29, 1.82) is 0 Å². The van der Waals surface area contributed by atoms with Crippen molar-refractivity contribution in [1.82, 2.24) is 24.9 Å². The molecule has 1 amide bonds. The quantitative estimate of drug-likeness (QED) is 0.456. The molecular weight excluding hydrogens is 446 g/mol. The molecule has 184 valence electrons. The van der Waals surface area contributed by atoms with Crippen molar-refractivity contribution in [2.45, 2.75) is 33.6 Å². The summed E-state index contributed by atoms with van der Waals surface area (Å²) in [5, 5.41) is 4.09. The standard InChI is InChI=1S/C26H31N5O4/c1-4-34-26(33)21-11-12-22(27-19(21)3)25(32)31-16-14-30(15-17-31)13-5-6-23-28-24(29-35-23)20-9-7-18(2)8-10-20/h7-12H,4-6,13-17H2,1-3H3. The summed E-state index contributed by atoms with van der Waals surface area (Å²) in [6, 6.07) is 11.3. The van der Waals surface area contributed by atoms with Gasteiger partial charge >= 0.3 is 5.97 Å². The van der Waals surface area contributed by atoms with Gasteiger partial charge in [0.25, 0.3) is 5.91 Å². The number of nitrogens with zero attached hydrogens (tertiary/aromatic N) is 5. The molecule has 0 atom stereocenters. The fraction of sp³-hybridized carbons (Fsp3) is 0.423. The van der Waals surface area contributed by atoms with Gasteiger partial charge in [-0.15, -0.1) is 0 Å². The highest BCUT2D eigenvalue weighted by atomic mass is 16.5. The molecule has 0 spiro atoms. The molecule has 0 bridgehead atoms. The van der Waals surface area contributed by atoms with Crippen molar-refractivity contribution in [2.24, 2.45) is 0 Å². The molecule has 1 saturated heterocycles. The third-order valence-electron chi connectivity index (χ3n) is 6.10. The Hall–Kier alpha value is -3.59. The first kappa shape index (κ1) is 24.5. The third kappa shape index (κ3) is 6.10. The number of hydrogen-bond acceptors (Lipinski definition) is 8. The van der Waals surface area contributed by atoms with E-state index in [9.17, 15) is 9.59 Å². The Balaban J connectivity index is 1.23. The van der Waals surface area contributed by atoms with Crippen LogP contribution < -0.4 is 0 Å². The predicted molar refractivity (Wildman–Crippen MR) is 130 cm³/mol. The molecule has 0 unspecified atom stereocenters. The van der Waals surface area contributed by atoms with Crippen molar-refractivity contribution in [3.05, 3.63) is 64.8 Å². The van der Waals surface area contributed by atoms with Crippen LogP contribution in [0.5, 0.6) is 0 Å². The third-order valence-corrected chi connectivity index (χ3v) is 6.10. The lowest BCUT2D eigenvalue weighted by atomic mass is 10.1. The second-order valence-electron chi connectivity index (χ2n) is 8.67. The second kappa shape index (κ2) is 11.2. The van der Waals surface area contributed by atoms with Crippen molar-refractivity contribution in [3.8, 4) is 11.4 Å². The van der Waals surface area contributed by atoms with Crippen molar-refractivity contribution in [2.75, 3.05) is 39.3 Å². The molecule has 4 rings (SSSR count). The van der Waals surface area contributed by atoms with Gasteiger partial charge < -0.3 is 14.2 Å². The summed E-state index contributed by atoms with van der Waals surface area (Å²) in [5.41, 5.74) is 3.38. The van der Waals surface area contributed by atoms with Crippen LogP contribution in [0, 0.1) is 13.8 Å². The van der Waals surface area contributed by atoms with Gasteiger partial charge in [-0.05, 0) is 45.9 Å².